The SMILES string of the molecule is Cc1cc(NC(=O)[C@@H](C)NC(=O)c2ccc(F)c(F)c2)no1. The van der Waals surface area contributed by atoms with Crippen LogP contribution in [0.25, 0.3) is 0 Å². The third kappa shape index (κ3) is 3.66. The van der Waals surface area contributed by atoms with E-state index in [1.807, 2.05) is 0 Å². The van der Waals surface area contributed by atoms with E-state index in [0.29, 0.717) is 5.76 Å². The van der Waals surface area contributed by atoms with E-state index < -0.39 is 29.5 Å². The highest BCUT2D eigenvalue weighted by Crippen LogP contribution is 2.10. The van der Waals surface area contributed by atoms with Crippen molar-refractivity contribution >= 4 is 17.6 Å². The number of hydrogen-bond acceptors (Lipinski definition) is 4. The first-order valence-electron chi connectivity index (χ1n) is 6.37. The van der Waals surface area contributed by atoms with Crippen molar-refractivity contribution in [3.05, 3.63) is 47.2 Å². The summed E-state index contributed by atoms with van der Waals surface area (Å²) in [4.78, 5) is 23.7. The van der Waals surface area contributed by atoms with E-state index in [2.05, 4.69) is 15.8 Å². The number of aryl methyl sites for hydroxylation is 1. The summed E-state index contributed by atoms with van der Waals surface area (Å²) in [6.07, 6.45) is 0. The Kier molecular flexibility index (Phi) is 4.50. The van der Waals surface area contributed by atoms with Gasteiger partial charge in [0.1, 0.15) is 11.8 Å². The molecule has 1 atom stereocenters. The van der Waals surface area contributed by atoms with Gasteiger partial charge in [0.05, 0.1) is 0 Å². The lowest BCUT2D eigenvalue weighted by atomic mass is 10.2. The average molecular weight is 309 g/mol. The van der Waals surface area contributed by atoms with Crippen LogP contribution in [0.15, 0.2) is 28.8 Å². The minimum atomic E-state index is -1.14. The van der Waals surface area contributed by atoms with E-state index in [1.165, 1.54) is 13.0 Å². The maximum atomic E-state index is 13.1. The van der Waals surface area contributed by atoms with Gasteiger partial charge in [-0.05, 0) is 32.0 Å². The van der Waals surface area contributed by atoms with Crippen molar-refractivity contribution in [3.8, 4) is 0 Å². The molecule has 6 nitrogen and oxygen atoms in total. The summed E-state index contributed by atoms with van der Waals surface area (Å²) in [6, 6.07) is 3.34. The first kappa shape index (κ1) is 15.6. The number of carbonyl (C=O) groups is 2. The lowest BCUT2D eigenvalue weighted by molar-refractivity contribution is -0.117. The van der Waals surface area contributed by atoms with E-state index in [0.717, 1.165) is 18.2 Å². The molecule has 116 valence electrons. The van der Waals surface area contributed by atoms with Crippen LogP contribution in [0, 0.1) is 18.6 Å². The number of aromatic nitrogens is 1. The molecule has 0 spiro atoms. The molecule has 0 saturated heterocycles. The number of carbonyl (C=O) groups excluding carboxylic acids is 2. The molecule has 2 rings (SSSR count). The lowest BCUT2D eigenvalue weighted by Gasteiger charge is -2.13. The zero-order valence-electron chi connectivity index (χ0n) is 11.8. The molecule has 22 heavy (non-hydrogen) atoms. The lowest BCUT2D eigenvalue weighted by Crippen LogP contribution is -2.41. The summed E-state index contributed by atoms with van der Waals surface area (Å²) < 4.78 is 30.7. The normalized spacial score (nSPS) is 11.8. The highest BCUT2D eigenvalue weighted by molar-refractivity contribution is 6.00. The number of nitrogens with one attached hydrogen (secondary N) is 2. The zero-order chi connectivity index (χ0) is 16.3. The van der Waals surface area contributed by atoms with Gasteiger partial charge in [0, 0.05) is 11.6 Å². The second-order valence-corrected chi connectivity index (χ2v) is 4.64. The summed E-state index contributed by atoms with van der Waals surface area (Å²) in [5.41, 5.74) is -0.0872. The Hall–Kier alpha value is -2.77. The first-order valence-corrected chi connectivity index (χ1v) is 6.37. The molecule has 0 saturated carbocycles. The van der Waals surface area contributed by atoms with Crippen LogP contribution in [0.1, 0.15) is 23.0 Å². The van der Waals surface area contributed by atoms with Crippen molar-refractivity contribution in [2.75, 3.05) is 5.32 Å². The Balaban J connectivity index is 1.98. The Morgan fingerprint density at radius 3 is 2.55 bits per heavy atom. The second kappa shape index (κ2) is 6.33. The first-order chi connectivity index (χ1) is 10.4. The summed E-state index contributed by atoms with van der Waals surface area (Å²) in [7, 11) is 0. The monoisotopic (exact) mass is 309 g/mol. The van der Waals surface area contributed by atoms with Gasteiger partial charge in [0.25, 0.3) is 5.91 Å². The van der Waals surface area contributed by atoms with Crippen LogP contribution in [-0.2, 0) is 4.79 Å². The molecule has 2 amide bonds. The van der Waals surface area contributed by atoms with Crippen LogP contribution in [0.3, 0.4) is 0 Å². The molecule has 0 radical (unpaired) electrons. The molecular weight excluding hydrogens is 296 g/mol. The smallest absolute Gasteiger partial charge is 0.252 e. The summed E-state index contributed by atoms with van der Waals surface area (Å²) in [6.45, 7) is 3.11. The molecule has 0 unspecified atom stereocenters. The maximum absolute atomic E-state index is 13.1. The van der Waals surface area contributed by atoms with Gasteiger partial charge >= 0.3 is 0 Å². The van der Waals surface area contributed by atoms with Gasteiger partial charge < -0.3 is 15.2 Å². The third-order valence-electron chi connectivity index (χ3n) is 2.80. The van der Waals surface area contributed by atoms with Crippen molar-refractivity contribution in [1.29, 1.82) is 0 Å². The third-order valence-corrected chi connectivity index (χ3v) is 2.80. The summed E-state index contributed by atoms with van der Waals surface area (Å²) in [5, 5.41) is 8.40. The Bertz CT molecular complexity index is 715. The quantitative estimate of drug-likeness (QED) is 0.905. The number of benzene rings is 1. The Labute approximate surface area is 124 Å². The maximum Gasteiger partial charge on any atom is 0.252 e. The minimum absolute atomic E-state index is 0.0872. The molecule has 0 aliphatic heterocycles. The van der Waals surface area contributed by atoms with Crippen molar-refractivity contribution in [1.82, 2.24) is 10.5 Å². The van der Waals surface area contributed by atoms with Gasteiger partial charge in [0.15, 0.2) is 17.5 Å². The Morgan fingerprint density at radius 2 is 1.95 bits per heavy atom. The van der Waals surface area contributed by atoms with E-state index in [1.54, 1.807) is 6.92 Å². The van der Waals surface area contributed by atoms with Crippen LogP contribution >= 0.6 is 0 Å². The van der Waals surface area contributed by atoms with Crippen LogP contribution in [-0.4, -0.2) is 23.0 Å². The van der Waals surface area contributed by atoms with Crippen molar-refractivity contribution < 1.29 is 22.9 Å². The summed E-state index contributed by atoms with van der Waals surface area (Å²) >= 11 is 0. The van der Waals surface area contributed by atoms with E-state index in [4.69, 9.17) is 4.52 Å². The fourth-order valence-corrected chi connectivity index (χ4v) is 1.64. The molecular formula is C14H13F2N3O3. The number of nitrogens with zero attached hydrogens (tertiary/aromatic N) is 1. The van der Waals surface area contributed by atoms with Gasteiger partial charge in [-0.2, -0.15) is 0 Å². The number of amides is 2. The highest BCUT2D eigenvalue weighted by Gasteiger charge is 2.18. The Morgan fingerprint density at radius 1 is 1.23 bits per heavy atom. The van der Waals surface area contributed by atoms with E-state index in [9.17, 15) is 18.4 Å². The van der Waals surface area contributed by atoms with Gasteiger partial charge in [0.2, 0.25) is 5.91 Å². The predicted molar refractivity (Wildman–Crippen MR) is 73.2 cm³/mol. The fourth-order valence-electron chi connectivity index (χ4n) is 1.64. The molecule has 2 N–H and O–H groups in total. The van der Waals surface area contributed by atoms with Gasteiger partial charge in [-0.15, -0.1) is 0 Å². The van der Waals surface area contributed by atoms with E-state index in [-0.39, 0.29) is 11.4 Å². The van der Waals surface area contributed by atoms with Gasteiger partial charge in [-0.25, -0.2) is 8.78 Å². The molecule has 1 heterocycles. The number of anilines is 1. The number of rotatable bonds is 4. The van der Waals surface area contributed by atoms with Crippen LogP contribution in [0.2, 0.25) is 0 Å². The van der Waals surface area contributed by atoms with E-state index >= 15 is 0 Å². The minimum Gasteiger partial charge on any atom is -0.360 e. The molecule has 0 aliphatic rings. The molecule has 1 aromatic carbocycles. The molecule has 8 heteroatoms. The van der Waals surface area contributed by atoms with Crippen molar-refractivity contribution in [2.24, 2.45) is 0 Å². The van der Waals surface area contributed by atoms with Crippen molar-refractivity contribution in [3.63, 3.8) is 0 Å². The molecule has 0 aliphatic carbocycles. The molecule has 0 fully saturated rings. The topological polar surface area (TPSA) is 84.2 Å². The molecule has 1 aromatic heterocycles. The van der Waals surface area contributed by atoms with Crippen LogP contribution in [0.4, 0.5) is 14.6 Å². The fraction of sp³-hybridized carbons (Fsp3) is 0.214. The summed E-state index contributed by atoms with van der Waals surface area (Å²) in [5.74, 6) is -2.67. The van der Waals surface area contributed by atoms with Crippen LogP contribution in [0.5, 0.6) is 0 Å². The van der Waals surface area contributed by atoms with Crippen molar-refractivity contribution in [2.45, 2.75) is 19.9 Å². The standard InChI is InChI=1S/C14H13F2N3O3/c1-7-5-12(19-22-7)18-13(20)8(2)17-14(21)9-3-4-10(15)11(16)6-9/h3-6,8H,1-2H3,(H,17,21)(H,18,19,20)/t8-/m1/s1. The van der Waals surface area contributed by atoms with Gasteiger partial charge in [-0.1, -0.05) is 5.16 Å². The van der Waals surface area contributed by atoms with Gasteiger partial charge in [-0.3, -0.25) is 9.59 Å². The predicted octanol–water partition coefficient (Wildman–Crippen LogP) is 2.02. The molecule has 2 aromatic rings. The molecule has 0 bridgehead atoms. The zero-order valence-corrected chi connectivity index (χ0v) is 11.8. The average Bonchev–Trinajstić information content (AvgIpc) is 2.86. The van der Waals surface area contributed by atoms with Crippen LogP contribution < -0.4 is 10.6 Å². The second-order valence-electron chi connectivity index (χ2n) is 4.64. The number of halogens is 2. The largest absolute Gasteiger partial charge is 0.360 e. The highest BCUT2D eigenvalue weighted by atomic mass is 19.2. The number of hydrogen-bond donors (Lipinski definition) is 2.